The molecule has 2 aliphatic rings. The summed E-state index contributed by atoms with van der Waals surface area (Å²) >= 11 is 0. The Morgan fingerprint density at radius 3 is 2.90 bits per heavy atom. The molecule has 1 N–H and O–H groups in total. The highest BCUT2D eigenvalue weighted by Gasteiger charge is 2.23. The molecule has 3 heterocycles. The average molecular weight is 292 g/mol. The van der Waals surface area contributed by atoms with Crippen LogP contribution in [0.3, 0.4) is 0 Å². The van der Waals surface area contributed by atoms with Crippen LogP contribution in [0.25, 0.3) is 0 Å². The lowest BCUT2D eigenvalue weighted by Crippen LogP contribution is -2.50. The molecule has 0 aliphatic carbocycles. The lowest BCUT2D eigenvalue weighted by Gasteiger charge is -2.31. The van der Waals surface area contributed by atoms with Crippen molar-refractivity contribution in [3.05, 3.63) is 5.82 Å². The second-order valence-corrected chi connectivity index (χ2v) is 5.62. The number of hydrogen-bond donors (Lipinski definition) is 1. The van der Waals surface area contributed by atoms with E-state index < -0.39 is 0 Å². The Morgan fingerprint density at radius 1 is 1.24 bits per heavy atom. The number of rotatable bonds is 3. The normalized spacial score (nSPS) is 19.5. The summed E-state index contributed by atoms with van der Waals surface area (Å²) < 4.78 is 1.97. The monoisotopic (exact) mass is 292 g/mol. The third kappa shape index (κ3) is 3.05. The zero-order chi connectivity index (χ0) is 14.8. The molecule has 0 unspecified atom stereocenters. The van der Waals surface area contributed by atoms with Crippen LogP contribution in [0, 0.1) is 0 Å². The first kappa shape index (κ1) is 14.0. The van der Waals surface area contributed by atoms with Crippen LogP contribution in [0.5, 0.6) is 0 Å². The van der Waals surface area contributed by atoms with Crippen molar-refractivity contribution in [1.29, 1.82) is 0 Å². The van der Waals surface area contributed by atoms with Crippen LogP contribution in [0.1, 0.15) is 18.7 Å². The quantitative estimate of drug-likeness (QED) is 0.798. The largest absolute Gasteiger partial charge is 0.343 e. The maximum atomic E-state index is 12.1. The molecule has 0 saturated carbocycles. The maximum Gasteiger partial charge on any atom is 0.240 e. The zero-order valence-electron chi connectivity index (χ0n) is 12.2. The van der Waals surface area contributed by atoms with Crippen molar-refractivity contribution in [2.45, 2.75) is 25.8 Å². The van der Waals surface area contributed by atoms with Crippen LogP contribution in [-0.2, 0) is 22.6 Å². The first-order valence-electron chi connectivity index (χ1n) is 7.32. The first-order chi connectivity index (χ1) is 10.1. The molecule has 1 aromatic rings. The standard InChI is InChI=1S/C13H20N6O2/c1-17-6-7-18(9-12(17)21)8-11(20)14-13-16-15-10-4-2-3-5-19(10)13/h2-9H2,1H3,(H,14,16,20). The van der Waals surface area contributed by atoms with E-state index >= 15 is 0 Å². The first-order valence-corrected chi connectivity index (χ1v) is 7.32. The molecule has 114 valence electrons. The highest BCUT2D eigenvalue weighted by molar-refractivity contribution is 5.91. The Hall–Kier alpha value is -1.96. The Kier molecular flexibility index (Phi) is 3.87. The lowest BCUT2D eigenvalue weighted by molar-refractivity contribution is -0.135. The Labute approximate surface area is 123 Å². The Balaban J connectivity index is 1.57. The third-order valence-corrected chi connectivity index (χ3v) is 4.01. The van der Waals surface area contributed by atoms with Crippen molar-refractivity contribution in [3.8, 4) is 0 Å². The third-order valence-electron chi connectivity index (χ3n) is 4.01. The van der Waals surface area contributed by atoms with Crippen LogP contribution in [-0.4, -0.2) is 69.6 Å². The van der Waals surface area contributed by atoms with Crippen molar-refractivity contribution in [1.82, 2.24) is 24.6 Å². The van der Waals surface area contributed by atoms with E-state index in [1.807, 2.05) is 9.47 Å². The fraction of sp³-hybridized carbons (Fsp3) is 0.692. The molecule has 8 nitrogen and oxygen atoms in total. The van der Waals surface area contributed by atoms with Crippen molar-refractivity contribution in [2.75, 3.05) is 38.5 Å². The summed E-state index contributed by atoms with van der Waals surface area (Å²) in [6, 6.07) is 0. The van der Waals surface area contributed by atoms with E-state index in [4.69, 9.17) is 0 Å². The average Bonchev–Trinajstić information content (AvgIpc) is 2.86. The summed E-state index contributed by atoms with van der Waals surface area (Å²) in [7, 11) is 1.78. The number of hydrogen-bond acceptors (Lipinski definition) is 5. The molecule has 2 aliphatic heterocycles. The predicted octanol–water partition coefficient (Wildman–Crippen LogP) is -0.673. The van der Waals surface area contributed by atoms with Gasteiger partial charge in [0.2, 0.25) is 17.8 Å². The summed E-state index contributed by atoms with van der Waals surface area (Å²) in [5.74, 6) is 1.36. The number of carbonyl (C=O) groups excluding carboxylic acids is 2. The zero-order valence-corrected chi connectivity index (χ0v) is 12.2. The topological polar surface area (TPSA) is 83.4 Å². The van der Waals surface area contributed by atoms with E-state index in [0.29, 0.717) is 25.6 Å². The second kappa shape index (κ2) is 5.80. The summed E-state index contributed by atoms with van der Waals surface area (Å²) in [5.41, 5.74) is 0. The Bertz CT molecular complexity index is 555. The van der Waals surface area contributed by atoms with E-state index in [0.717, 1.165) is 31.6 Å². The molecular weight excluding hydrogens is 272 g/mol. The number of nitrogens with zero attached hydrogens (tertiary/aromatic N) is 5. The van der Waals surface area contributed by atoms with Crippen molar-refractivity contribution >= 4 is 17.8 Å². The number of anilines is 1. The SMILES string of the molecule is CN1CCN(CC(=O)Nc2nnc3n2CCCC3)CC1=O. The molecular formula is C13H20N6O2. The molecule has 1 fully saturated rings. The number of piperazine rings is 1. The fourth-order valence-electron chi connectivity index (χ4n) is 2.71. The van der Waals surface area contributed by atoms with Gasteiger partial charge in [0, 0.05) is 33.1 Å². The lowest BCUT2D eigenvalue weighted by atomic mass is 10.2. The van der Waals surface area contributed by atoms with Gasteiger partial charge < -0.3 is 4.90 Å². The van der Waals surface area contributed by atoms with Gasteiger partial charge in [-0.15, -0.1) is 10.2 Å². The number of fused-ring (bicyclic) bond motifs is 1. The number of likely N-dealkylation sites (N-methyl/N-ethyl adjacent to an activating group) is 1. The second-order valence-electron chi connectivity index (χ2n) is 5.62. The van der Waals surface area contributed by atoms with Gasteiger partial charge >= 0.3 is 0 Å². The maximum absolute atomic E-state index is 12.1. The van der Waals surface area contributed by atoms with Crippen molar-refractivity contribution < 1.29 is 9.59 Å². The van der Waals surface area contributed by atoms with Crippen LogP contribution in [0.15, 0.2) is 0 Å². The summed E-state index contributed by atoms with van der Waals surface area (Å²) in [6.45, 7) is 2.73. The summed E-state index contributed by atoms with van der Waals surface area (Å²) in [4.78, 5) is 27.3. The Morgan fingerprint density at radius 2 is 2.10 bits per heavy atom. The molecule has 0 spiro atoms. The van der Waals surface area contributed by atoms with Gasteiger partial charge in [-0.2, -0.15) is 0 Å². The number of nitrogens with one attached hydrogen (secondary N) is 1. The number of aromatic nitrogens is 3. The van der Waals surface area contributed by atoms with E-state index in [1.165, 1.54) is 0 Å². The minimum atomic E-state index is -0.145. The van der Waals surface area contributed by atoms with Gasteiger partial charge in [-0.05, 0) is 12.8 Å². The molecule has 3 rings (SSSR count). The molecule has 21 heavy (non-hydrogen) atoms. The number of aryl methyl sites for hydroxylation is 1. The molecule has 0 aromatic carbocycles. The van der Waals surface area contributed by atoms with Crippen LogP contribution in [0.4, 0.5) is 5.95 Å². The van der Waals surface area contributed by atoms with Crippen molar-refractivity contribution in [3.63, 3.8) is 0 Å². The van der Waals surface area contributed by atoms with Crippen LogP contribution in [0.2, 0.25) is 0 Å². The highest BCUT2D eigenvalue weighted by atomic mass is 16.2. The summed E-state index contributed by atoms with van der Waals surface area (Å²) in [6.07, 6.45) is 3.12. The molecule has 1 saturated heterocycles. The highest BCUT2D eigenvalue weighted by Crippen LogP contribution is 2.17. The molecule has 2 amide bonds. The van der Waals surface area contributed by atoms with Crippen LogP contribution < -0.4 is 5.32 Å². The van der Waals surface area contributed by atoms with Gasteiger partial charge in [0.05, 0.1) is 13.1 Å². The smallest absolute Gasteiger partial charge is 0.240 e. The van der Waals surface area contributed by atoms with E-state index in [2.05, 4.69) is 15.5 Å². The van der Waals surface area contributed by atoms with E-state index in [9.17, 15) is 9.59 Å². The fourth-order valence-corrected chi connectivity index (χ4v) is 2.71. The van der Waals surface area contributed by atoms with Gasteiger partial charge in [-0.1, -0.05) is 0 Å². The van der Waals surface area contributed by atoms with Gasteiger partial charge in [0.25, 0.3) is 0 Å². The van der Waals surface area contributed by atoms with Gasteiger partial charge in [-0.25, -0.2) is 0 Å². The predicted molar refractivity (Wildman–Crippen MR) is 75.7 cm³/mol. The van der Waals surface area contributed by atoms with E-state index in [1.54, 1.807) is 11.9 Å². The minimum Gasteiger partial charge on any atom is -0.343 e. The van der Waals surface area contributed by atoms with Crippen LogP contribution >= 0.6 is 0 Å². The molecule has 1 aromatic heterocycles. The number of amides is 2. The van der Waals surface area contributed by atoms with Gasteiger partial charge in [0.1, 0.15) is 5.82 Å². The van der Waals surface area contributed by atoms with Gasteiger partial charge in [0.15, 0.2) is 0 Å². The van der Waals surface area contributed by atoms with Crippen molar-refractivity contribution in [2.24, 2.45) is 0 Å². The van der Waals surface area contributed by atoms with E-state index in [-0.39, 0.29) is 18.4 Å². The minimum absolute atomic E-state index is 0.0499. The van der Waals surface area contributed by atoms with Gasteiger partial charge in [-0.3, -0.25) is 24.4 Å². The number of carbonyl (C=O) groups is 2. The molecule has 0 radical (unpaired) electrons. The molecule has 8 heteroatoms. The summed E-state index contributed by atoms with van der Waals surface area (Å²) in [5, 5.41) is 11.0. The molecule has 0 atom stereocenters. The molecule has 0 bridgehead atoms.